The second-order valence-corrected chi connectivity index (χ2v) is 5.24. The molecule has 0 saturated heterocycles. The van der Waals surface area contributed by atoms with E-state index < -0.39 is 6.10 Å². The van der Waals surface area contributed by atoms with E-state index in [9.17, 15) is 5.11 Å². The van der Waals surface area contributed by atoms with E-state index in [2.05, 4.69) is 26.8 Å². The lowest BCUT2D eigenvalue weighted by molar-refractivity contribution is 0.115. The number of aliphatic hydroxyl groups is 1. The van der Waals surface area contributed by atoms with Crippen molar-refractivity contribution in [3.05, 3.63) is 34.9 Å². The molecule has 1 aromatic rings. The van der Waals surface area contributed by atoms with Crippen molar-refractivity contribution in [2.45, 2.75) is 44.8 Å². The Morgan fingerprint density at radius 2 is 2.07 bits per heavy atom. The zero-order valence-corrected chi connectivity index (χ0v) is 9.62. The molecule has 0 spiro atoms. The molecule has 2 atom stereocenters. The summed E-state index contributed by atoms with van der Waals surface area (Å²) in [6, 6.07) is 5.94. The molecule has 0 saturated carbocycles. The summed E-state index contributed by atoms with van der Waals surface area (Å²) in [5.41, 5.74) is 9.58. The van der Waals surface area contributed by atoms with Gasteiger partial charge in [0.25, 0.3) is 0 Å². The highest BCUT2D eigenvalue weighted by Crippen LogP contribution is 2.42. The molecule has 3 N–H and O–H groups in total. The maximum atomic E-state index is 10.1. The summed E-state index contributed by atoms with van der Waals surface area (Å²) in [5, 5.41) is 10.1. The van der Waals surface area contributed by atoms with Gasteiger partial charge in [-0.1, -0.05) is 32.0 Å². The first-order valence-corrected chi connectivity index (χ1v) is 5.47. The van der Waals surface area contributed by atoms with E-state index in [0.717, 1.165) is 12.0 Å². The molecule has 0 fully saturated rings. The van der Waals surface area contributed by atoms with Crippen LogP contribution in [0.1, 0.15) is 43.1 Å². The summed E-state index contributed by atoms with van der Waals surface area (Å²) in [5.74, 6) is 0. The highest BCUT2D eigenvalue weighted by molar-refractivity contribution is 5.44. The van der Waals surface area contributed by atoms with Crippen molar-refractivity contribution in [1.82, 2.24) is 0 Å². The third-order valence-electron chi connectivity index (χ3n) is 3.45. The van der Waals surface area contributed by atoms with Crippen LogP contribution >= 0.6 is 0 Å². The van der Waals surface area contributed by atoms with Crippen molar-refractivity contribution in [1.29, 1.82) is 0 Å². The molecule has 0 amide bonds. The lowest BCUT2D eigenvalue weighted by Gasteiger charge is -2.40. The minimum Gasteiger partial charge on any atom is -0.387 e. The molecule has 0 bridgehead atoms. The van der Waals surface area contributed by atoms with Crippen LogP contribution in [-0.2, 0) is 5.41 Å². The number of aliphatic hydroxyl groups excluding tert-OH is 1. The maximum absolute atomic E-state index is 10.1. The van der Waals surface area contributed by atoms with Crippen LogP contribution in [0.25, 0.3) is 0 Å². The maximum Gasteiger partial charge on any atom is 0.0944 e. The van der Waals surface area contributed by atoms with Gasteiger partial charge in [-0.05, 0) is 35.4 Å². The van der Waals surface area contributed by atoms with Gasteiger partial charge in [0.2, 0.25) is 0 Å². The summed E-state index contributed by atoms with van der Waals surface area (Å²) >= 11 is 0. The largest absolute Gasteiger partial charge is 0.387 e. The van der Waals surface area contributed by atoms with Crippen molar-refractivity contribution in [2.75, 3.05) is 0 Å². The number of fused-ring (bicyclic) bond motifs is 1. The van der Waals surface area contributed by atoms with Crippen LogP contribution in [-0.4, -0.2) is 11.1 Å². The number of nitrogens with two attached hydrogens (primary N) is 1. The molecule has 1 aliphatic rings. The van der Waals surface area contributed by atoms with Crippen LogP contribution in [0.5, 0.6) is 0 Å². The molecule has 2 nitrogen and oxygen atoms in total. The number of hydrogen-bond donors (Lipinski definition) is 2. The van der Waals surface area contributed by atoms with Gasteiger partial charge in [-0.25, -0.2) is 0 Å². The molecule has 0 aromatic heterocycles. The van der Waals surface area contributed by atoms with Gasteiger partial charge < -0.3 is 10.8 Å². The smallest absolute Gasteiger partial charge is 0.0944 e. The number of aryl methyl sites for hydroxylation is 1. The summed E-state index contributed by atoms with van der Waals surface area (Å²) in [6.07, 6.45) is 0.333. The average Bonchev–Trinajstić information content (AvgIpc) is 2.13. The van der Waals surface area contributed by atoms with Crippen LogP contribution in [0.15, 0.2) is 18.2 Å². The minimum absolute atomic E-state index is 0.0688. The van der Waals surface area contributed by atoms with Gasteiger partial charge in [0, 0.05) is 6.04 Å². The van der Waals surface area contributed by atoms with Gasteiger partial charge in [-0.2, -0.15) is 0 Å². The van der Waals surface area contributed by atoms with E-state index in [1.54, 1.807) is 0 Å². The predicted molar refractivity (Wildman–Crippen MR) is 61.8 cm³/mol. The first-order valence-electron chi connectivity index (χ1n) is 5.47. The molecule has 0 heterocycles. The quantitative estimate of drug-likeness (QED) is 0.681. The lowest BCUT2D eigenvalue weighted by Crippen LogP contribution is -2.41. The minimum atomic E-state index is -0.507. The Labute approximate surface area is 91.1 Å². The van der Waals surface area contributed by atoms with Crippen molar-refractivity contribution in [3.8, 4) is 0 Å². The molecule has 82 valence electrons. The zero-order chi connectivity index (χ0) is 11.2. The standard InChI is InChI=1S/C13H19NO/c1-8-5-4-6-9-11(8)13(2,3)7-10(14)12(9)15/h4-6,10,12,15H,7,14H2,1-3H3. The molecule has 2 rings (SSSR count). The highest BCUT2D eigenvalue weighted by atomic mass is 16.3. The van der Waals surface area contributed by atoms with Gasteiger partial charge in [-0.3, -0.25) is 0 Å². The summed E-state index contributed by atoms with van der Waals surface area (Å²) in [4.78, 5) is 0. The number of hydrogen-bond acceptors (Lipinski definition) is 2. The second kappa shape index (κ2) is 3.32. The van der Waals surface area contributed by atoms with Gasteiger partial charge in [0.05, 0.1) is 6.10 Å². The fraction of sp³-hybridized carbons (Fsp3) is 0.538. The predicted octanol–water partition coefficient (Wildman–Crippen LogP) is 2.04. The van der Waals surface area contributed by atoms with Crippen LogP contribution in [0, 0.1) is 6.92 Å². The second-order valence-electron chi connectivity index (χ2n) is 5.24. The Kier molecular flexibility index (Phi) is 2.36. The number of rotatable bonds is 0. The average molecular weight is 205 g/mol. The van der Waals surface area contributed by atoms with Crippen LogP contribution in [0.2, 0.25) is 0 Å². The molecule has 0 aliphatic heterocycles. The van der Waals surface area contributed by atoms with E-state index in [1.807, 2.05) is 12.1 Å². The van der Waals surface area contributed by atoms with Crippen LogP contribution < -0.4 is 5.73 Å². The fourth-order valence-electron chi connectivity index (χ4n) is 2.90. The highest BCUT2D eigenvalue weighted by Gasteiger charge is 2.37. The zero-order valence-electron chi connectivity index (χ0n) is 9.62. The molecule has 1 aliphatic carbocycles. The van der Waals surface area contributed by atoms with Gasteiger partial charge in [-0.15, -0.1) is 0 Å². The van der Waals surface area contributed by atoms with Crippen molar-refractivity contribution in [2.24, 2.45) is 5.73 Å². The van der Waals surface area contributed by atoms with Gasteiger partial charge in [0.15, 0.2) is 0 Å². The SMILES string of the molecule is Cc1cccc2c1C(C)(C)CC(N)C2O. The van der Waals surface area contributed by atoms with Gasteiger partial charge in [0.1, 0.15) is 0 Å². The normalized spacial score (nSPS) is 28.6. The van der Waals surface area contributed by atoms with E-state index in [-0.39, 0.29) is 11.5 Å². The van der Waals surface area contributed by atoms with Crippen molar-refractivity contribution < 1.29 is 5.11 Å². The Bertz CT molecular complexity index is 384. The third kappa shape index (κ3) is 1.58. The molecule has 1 aromatic carbocycles. The van der Waals surface area contributed by atoms with Crippen molar-refractivity contribution in [3.63, 3.8) is 0 Å². The molecule has 0 radical (unpaired) electrons. The van der Waals surface area contributed by atoms with Gasteiger partial charge >= 0.3 is 0 Å². The summed E-state index contributed by atoms with van der Waals surface area (Å²) in [6.45, 7) is 6.50. The Hall–Kier alpha value is -0.860. The molecular formula is C13H19NO. The Balaban J connectivity index is 2.64. The van der Waals surface area contributed by atoms with Crippen LogP contribution in [0.3, 0.4) is 0 Å². The third-order valence-corrected chi connectivity index (χ3v) is 3.45. The monoisotopic (exact) mass is 205 g/mol. The fourth-order valence-corrected chi connectivity index (χ4v) is 2.90. The van der Waals surface area contributed by atoms with E-state index in [1.165, 1.54) is 11.1 Å². The van der Waals surface area contributed by atoms with Crippen LogP contribution in [0.4, 0.5) is 0 Å². The topological polar surface area (TPSA) is 46.2 Å². The van der Waals surface area contributed by atoms with E-state index in [0.29, 0.717) is 0 Å². The molecule has 2 unspecified atom stereocenters. The molecular weight excluding hydrogens is 186 g/mol. The Morgan fingerprint density at radius 3 is 2.73 bits per heavy atom. The summed E-state index contributed by atoms with van der Waals surface area (Å²) in [7, 11) is 0. The molecule has 2 heteroatoms. The Morgan fingerprint density at radius 1 is 1.40 bits per heavy atom. The first kappa shape index (κ1) is 10.7. The van der Waals surface area contributed by atoms with E-state index in [4.69, 9.17) is 5.73 Å². The lowest BCUT2D eigenvalue weighted by atomic mass is 9.68. The first-order chi connectivity index (χ1) is 6.93. The molecule has 15 heavy (non-hydrogen) atoms. The van der Waals surface area contributed by atoms with E-state index >= 15 is 0 Å². The summed E-state index contributed by atoms with van der Waals surface area (Å²) < 4.78 is 0. The van der Waals surface area contributed by atoms with Crippen molar-refractivity contribution >= 4 is 0 Å². The number of benzene rings is 1.